The van der Waals surface area contributed by atoms with E-state index in [4.69, 9.17) is 4.74 Å². The van der Waals surface area contributed by atoms with Gasteiger partial charge in [0.1, 0.15) is 12.4 Å². The van der Waals surface area contributed by atoms with Crippen LogP contribution < -0.4 is 10.1 Å². The van der Waals surface area contributed by atoms with Gasteiger partial charge in [0.15, 0.2) is 0 Å². The number of esters is 1. The van der Waals surface area contributed by atoms with Gasteiger partial charge < -0.3 is 14.8 Å². The van der Waals surface area contributed by atoms with Crippen LogP contribution in [-0.2, 0) is 26.3 Å². The first-order chi connectivity index (χ1) is 17.7. The van der Waals surface area contributed by atoms with Crippen LogP contribution >= 0.6 is 0 Å². The van der Waals surface area contributed by atoms with Crippen LogP contribution in [0.4, 0.5) is 18.9 Å². The first-order valence-electron chi connectivity index (χ1n) is 11.5. The summed E-state index contributed by atoms with van der Waals surface area (Å²) in [5.41, 5.74) is 4.85. The van der Waals surface area contributed by atoms with Gasteiger partial charge in [-0.05, 0) is 47.4 Å². The van der Waals surface area contributed by atoms with Gasteiger partial charge in [-0.1, -0.05) is 36.4 Å². The number of benzene rings is 3. The van der Waals surface area contributed by atoms with Gasteiger partial charge in [-0.3, -0.25) is 9.89 Å². The molecule has 0 unspecified atom stereocenters. The minimum atomic E-state index is -5.02. The number of hydrogen-bond acceptors (Lipinski definition) is 5. The van der Waals surface area contributed by atoms with Crippen molar-refractivity contribution in [2.45, 2.75) is 30.5 Å². The van der Waals surface area contributed by atoms with Gasteiger partial charge in [0.2, 0.25) is 5.91 Å². The van der Waals surface area contributed by atoms with Crippen LogP contribution in [0.3, 0.4) is 0 Å². The lowest BCUT2D eigenvalue weighted by Crippen LogP contribution is -2.25. The summed E-state index contributed by atoms with van der Waals surface area (Å²) < 4.78 is 46.6. The maximum absolute atomic E-state index is 13.0. The van der Waals surface area contributed by atoms with E-state index in [1.807, 2.05) is 36.4 Å². The molecule has 1 saturated carbocycles. The Morgan fingerprint density at radius 2 is 1.89 bits per heavy atom. The molecule has 1 spiro atoms. The molecule has 1 aliphatic heterocycles. The van der Waals surface area contributed by atoms with Crippen molar-refractivity contribution in [3.63, 3.8) is 0 Å². The lowest BCUT2D eigenvalue weighted by atomic mass is 9.91. The second-order valence-electron chi connectivity index (χ2n) is 9.24. The van der Waals surface area contributed by atoms with Crippen molar-refractivity contribution >= 4 is 28.5 Å². The minimum absolute atomic E-state index is 0.00727. The van der Waals surface area contributed by atoms with Crippen LogP contribution in [-0.4, -0.2) is 35.4 Å². The Bertz CT molecular complexity index is 1560. The molecular formula is C27H20F3N3O4. The smallest absolute Gasteiger partial charge is 0.490 e. The number of anilines is 1. The van der Waals surface area contributed by atoms with E-state index in [0.717, 1.165) is 33.3 Å². The van der Waals surface area contributed by atoms with Gasteiger partial charge in [-0.25, -0.2) is 4.79 Å². The van der Waals surface area contributed by atoms with Crippen molar-refractivity contribution in [1.29, 1.82) is 0 Å². The zero-order valence-corrected chi connectivity index (χ0v) is 19.5. The molecule has 3 aromatic carbocycles. The van der Waals surface area contributed by atoms with Crippen LogP contribution in [0.15, 0.2) is 60.7 Å². The highest BCUT2D eigenvalue weighted by molar-refractivity contribution is 6.10. The van der Waals surface area contributed by atoms with Crippen LogP contribution in [0, 0.1) is 0 Å². The fourth-order valence-corrected chi connectivity index (χ4v) is 5.16. The monoisotopic (exact) mass is 507 g/mol. The van der Waals surface area contributed by atoms with Gasteiger partial charge >= 0.3 is 12.1 Å². The molecule has 37 heavy (non-hydrogen) atoms. The largest absolute Gasteiger partial charge is 0.497 e. The predicted molar refractivity (Wildman–Crippen MR) is 128 cm³/mol. The first kappa shape index (κ1) is 23.1. The molecule has 1 aliphatic carbocycles. The van der Waals surface area contributed by atoms with Crippen molar-refractivity contribution in [3.05, 3.63) is 77.4 Å². The lowest BCUT2D eigenvalue weighted by molar-refractivity contribution is -0.201. The van der Waals surface area contributed by atoms with Gasteiger partial charge in [0, 0.05) is 22.6 Å². The normalized spacial score (nSPS) is 20.1. The molecular weight excluding hydrogens is 487 g/mol. The van der Waals surface area contributed by atoms with Crippen LogP contribution in [0.1, 0.15) is 29.0 Å². The van der Waals surface area contributed by atoms with Gasteiger partial charge in [-0.15, -0.1) is 0 Å². The van der Waals surface area contributed by atoms with Crippen molar-refractivity contribution in [3.8, 4) is 17.0 Å². The Hall–Kier alpha value is -4.34. The number of nitrogens with zero attached hydrogens (tertiary/aromatic N) is 1. The number of nitrogens with one attached hydrogen (secondary N) is 2. The third-order valence-corrected chi connectivity index (χ3v) is 7.14. The number of hydrogen-bond donors (Lipinski definition) is 2. The number of carbonyl (C=O) groups excluding carboxylic acids is 2. The van der Waals surface area contributed by atoms with E-state index in [1.165, 1.54) is 0 Å². The average Bonchev–Trinajstić information content (AvgIpc) is 3.41. The molecule has 7 nitrogen and oxygen atoms in total. The van der Waals surface area contributed by atoms with E-state index >= 15 is 0 Å². The highest BCUT2D eigenvalue weighted by atomic mass is 19.4. The number of rotatable bonds is 5. The maximum atomic E-state index is 13.0. The molecule has 6 rings (SSSR count). The Morgan fingerprint density at radius 3 is 2.62 bits per heavy atom. The predicted octanol–water partition coefficient (Wildman–Crippen LogP) is 5.22. The number of aromatic amines is 1. The number of alkyl halides is 3. The van der Waals surface area contributed by atoms with Gasteiger partial charge in [-0.2, -0.15) is 18.3 Å². The van der Waals surface area contributed by atoms with Crippen molar-refractivity contribution in [1.82, 2.24) is 10.2 Å². The SMILES string of the molecule is COc1ccc2c(c1)[C@]1(C[C@H]1c1ccc3c(-c4ccc(COC(=O)C(F)(F)F)cc4)n[nH]c3c1)C(=O)N2. The van der Waals surface area contributed by atoms with Crippen molar-refractivity contribution in [2.75, 3.05) is 12.4 Å². The Balaban J connectivity index is 1.23. The Kier molecular flexibility index (Phi) is 5.05. The van der Waals surface area contributed by atoms with E-state index in [2.05, 4.69) is 20.3 Å². The molecule has 1 amide bonds. The second kappa shape index (κ2) is 8.09. The zero-order chi connectivity index (χ0) is 25.9. The molecule has 10 heteroatoms. The number of aromatic nitrogens is 2. The van der Waals surface area contributed by atoms with Gasteiger partial charge in [0.05, 0.1) is 23.7 Å². The number of amides is 1. The number of methoxy groups -OCH3 is 1. The van der Waals surface area contributed by atoms with E-state index in [1.54, 1.807) is 31.4 Å². The zero-order valence-electron chi connectivity index (χ0n) is 19.5. The fraction of sp³-hybridized carbons (Fsp3) is 0.222. The van der Waals surface area contributed by atoms with Gasteiger partial charge in [0.25, 0.3) is 0 Å². The molecule has 0 saturated heterocycles. The molecule has 4 aromatic rings. The number of fused-ring (bicyclic) bond motifs is 3. The Labute approximate surface area is 208 Å². The maximum Gasteiger partial charge on any atom is 0.490 e. The topological polar surface area (TPSA) is 93.3 Å². The summed E-state index contributed by atoms with van der Waals surface area (Å²) >= 11 is 0. The summed E-state index contributed by atoms with van der Waals surface area (Å²) in [6.07, 6.45) is -4.32. The lowest BCUT2D eigenvalue weighted by Gasteiger charge is -2.10. The first-order valence-corrected chi connectivity index (χ1v) is 11.5. The van der Waals surface area contributed by atoms with Crippen molar-refractivity contribution in [2.24, 2.45) is 0 Å². The molecule has 2 atom stereocenters. The fourth-order valence-electron chi connectivity index (χ4n) is 5.16. The second-order valence-corrected chi connectivity index (χ2v) is 9.24. The summed E-state index contributed by atoms with van der Waals surface area (Å²) in [4.78, 5) is 23.9. The summed E-state index contributed by atoms with van der Waals surface area (Å²) in [7, 11) is 1.60. The molecule has 2 aliphatic rings. The van der Waals surface area contributed by atoms with E-state index in [9.17, 15) is 22.8 Å². The number of halogens is 3. The third-order valence-electron chi connectivity index (χ3n) is 7.14. The van der Waals surface area contributed by atoms with Crippen molar-refractivity contribution < 1.29 is 32.2 Å². The summed E-state index contributed by atoms with van der Waals surface area (Å²) in [6.45, 7) is -0.477. The average molecular weight is 507 g/mol. The molecule has 2 N–H and O–H groups in total. The molecule has 0 bridgehead atoms. The molecule has 1 aromatic heterocycles. The molecule has 0 radical (unpaired) electrons. The third kappa shape index (κ3) is 3.71. The Morgan fingerprint density at radius 1 is 1.11 bits per heavy atom. The summed E-state index contributed by atoms with van der Waals surface area (Å²) in [5, 5.41) is 11.3. The number of H-pyrrole nitrogens is 1. The highest BCUT2D eigenvalue weighted by Crippen LogP contribution is 2.65. The number of ether oxygens (including phenoxy) is 2. The highest BCUT2D eigenvalue weighted by Gasteiger charge is 2.65. The molecule has 2 heterocycles. The molecule has 188 valence electrons. The summed E-state index contributed by atoms with van der Waals surface area (Å²) in [5.74, 6) is -1.50. The van der Waals surface area contributed by atoms with E-state index in [-0.39, 0.29) is 11.8 Å². The van der Waals surface area contributed by atoms with Crippen LogP contribution in [0.25, 0.3) is 22.2 Å². The quantitative estimate of drug-likeness (QED) is 0.361. The molecule has 1 fully saturated rings. The van der Waals surface area contributed by atoms with Crippen LogP contribution in [0.5, 0.6) is 5.75 Å². The standard InChI is InChI=1S/C27H20F3N3O4/c1-36-17-7-9-21-19(11-17)26(24(34)31-21)12-20(26)16-6-8-18-22(10-16)32-33-23(18)15-4-2-14(3-5-15)13-37-25(35)27(28,29)30/h2-11,20H,12-13H2,1H3,(H,31,34)(H,32,33)/t20-,26-/m0/s1. The van der Waals surface area contributed by atoms with E-state index in [0.29, 0.717) is 23.4 Å². The summed E-state index contributed by atoms with van der Waals surface area (Å²) in [6, 6.07) is 18.2. The number of carbonyl (C=O) groups is 2. The van der Waals surface area contributed by atoms with Crippen LogP contribution in [0.2, 0.25) is 0 Å². The minimum Gasteiger partial charge on any atom is -0.497 e. The van der Waals surface area contributed by atoms with E-state index < -0.39 is 24.2 Å².